The van der Waals surface area contributed by atoms with Gasteiger partial charge in [0.2, 0.25) is 5.91 Å². The van der Waals surface area contributed by atoms with Gasteiger partial charge in [0.15, 0.2) is 0 Å². The van der Waals surface area contributed by atoms with E-state index in [0.29, 0.717) is 24.5 Å². The largest absolute Gasteiger partial charge is 0.491 e. The van der Waals surface area contributed by atoms with Gasteiger partial charge >= 0.3 is 0 Å². The summed E-state index contributed by atoms with van der Waals surface area (Å²) in [5.74, 6) is 0.602. The molecule has 2 aromatic rings. The fraction of sp³-hybridized carbons (Fsp3) is 0.391. The molecule has 0 saturated carbocycles. The van der Waals surface area contributed by atoms with E-state index in [9.17, 15) is 9.59 Å². The Bertz CT molecular complexity index is 833. The minimum Gasteiger partial charge on any atom is -0.491 e. The average Bonchev–Trinajstić information content (AvgIpc) is 2.79. The van der Waals surface area contributed by atoms with Crippen molar-refractivity contribution in [2.24, 2.45) is 0 Å². The Labute approximate surface area is 177 Å². The summed E-state index contributed by atoms with van der Waals surface area (Å²) in [5, 5.41) is 5.93. The highest BCUT2D eigenvalue weighted by atomic mass is 16.5. The third-order valence-corrected chi connectivity index (χ3v) is 4.90. The topological polar surface area (TPSA) is 79.9 Å². The summed E-state index contributed by atoms with van der Waals surface area (Å²) in [4.78, 5) is 26.8. The number of nitrogens with zero attached hydrogens (tertiary/aromatic N) is 1. The molecule has 7 nitrogen and oxygen atoms in total. The molecule has 0 bridgehead atoms. The molecule has 2 N–H and O–H groups in total. The number of nitrogens with one attached hydrogen (secondary N) is 2. The summed E-state index contributed by atoms with van der Waals surface area (Å²) in [6.07, 6.45) is 3.30. The Hall–Kier alpha value is -3.06. The molecule has 1 aliphatic rings. The van der Waals surface area contributed by atoms with Gasteiger partial charge in [-0.1, -0.05) is 6.07 Å². The van der Waals surface area contributed by atoms with Crippen LogP contribution < -0.4 is 15.4 Å². The van der Waals surface area contributed by atoms with Crippen LogP contribution in [0.3, 0.4) is 0 Å². The first-order valence-electron chi connectivity index (χ1n) is 10.3. The van der Waals surface area contributed by atoms with Gasteiger partial charge in [-0.2, -0.15) is 0 Å². The molecule has 7 heteroatoms. The first-order chi connectivity index (χ1) is 14.7. The molecule has 0 unspecified atom stereocenters. The van der Waals surface area contributed by atoms with Gasteiger partial charge in [0.05, 0.1) is 13.2 Å². The van der Waals surface area contributed by atoms with E-state index in [0.717, 1.165) is 37.4 Å². The Morgan fingerprint density at radius 1 is 0.967 bits per heavy atom. The first kappa shape index (κ1) is 21.6. The molecular formula is C23H29N3O4. The number of piperidine rings is 1. The summed E-state index contributed by atoms with van der Waals surface area (Å²) in [6.45, 7) is 2.73. The van der Waals surface area contributed by atoms with E-state index in [1.165, 1.54) is 6.42 Å². The number of benzene rings is 2. The second-order valence-corrected chi connectivity index (χ2v) is 7.20. The minimum atomic E-state index is -0.171. The van der Waals surface area contributed by atoms with E-state index in [2.05, 4.69) is 10.6 Å². The Kier molecular flexibility index (Phi) is 8.09. The van der Waals surface area contributed by atoms with Gasteiger partial charge in [-0.25, -0.2) is 0 Å². The molecule has 1 saturated heterocycles. The van der Waals surface area contributed by atoms with E-state index in [1.807, 2.05) is 23.1 Å². The number of hydrogen-bond donors (Lipinski definition) is 2. The van der Waals surface area contributed by atoms with Crippen LogP contribution in [0.4, 0.5) is 11.4 Å². The lowest BCUT2D eigenvalue weighted by atomic mass is 10.1. The molecule has 30 heavy (non-hydrogen) atoms. The minimum absolute atomic E-state index is 0.0515. The number of hydrogen-bond acceptors (Lipinski definition) is 5. The van der Waals surface area contributed by atoms with Gasteiger partial charge in [-0.15, -0.1) is 0 Å². The van der Waals surface area contributed by atoms with Crippen molar-refractivity contribution in [1.29, 1.82) is 0 Å². The Morgan fingerprint density at radius 3 is 2.47 bits per heavy atom. The standard InChI is InChI=1S/C23H29N3O4/c1-29-14-15-30-21-10-8-19(9-11-21)25-22(27)17-24-20-7-5-6-18(16-20)23(28)26-12-3-2-4-13-26/h5-11,16,24H,2-4,12-15,17H2,1H3,(H,25,27). The van der Waals surface area contributed by atoms with E-state index < -0.39 is 0 Å². The molecule has 1 aliphatic heterocycles. The number of anilines is 2. The number of rotatable bonds is 9. The summed E-state index contributed by atoms with van der Waals surface area (Å²) in [6, 6.07) is 14.5. The Balaban J connectivity index is 1.48. The highest BCUT2D eigenvalue weighted by Crippen LogP contribution is 2.17. The molecule has 0 aliphatic carbocycles. The van der Waals surface area contributed by atoms with Crippen LogP contribution in [-0.4, -0.2) is 56.7 Å². The van der Waals surface area contributed by atoms with Crippen molar-refractivity contribution in [2.45, 2.75) is 19.3 Å². The summed E-state index contributed by atoms with van der Waals surface area (Å²) in [5.41, 5.74) is 2.08. The van der Waals surface area contributed by atoms with Crippen molar-refractivity contribution in [3.8, 4) is 5.75 Å². The van der Waals surface area contributed by atoms with Crippen LogP contribution >= 0.6 is 0 Å². The average molecular weight is 412 g/mol. The molecule has 0 spiro atoms. The number of carbonyl (C=O) groups excluding carboxylic acids is 2. The van der Waals surface area contributed by atoms with Crippen molar-refractivity contribution >= 4 is 23.2 Å². The highest BCUT2D eigenvalue weighted by Gasteiger charge is 2.18. The van der Waals surface area contributed by atoms with Crippen LogP contribution in [0.1, 0.15) is 29.6 Å². The molecule has 2 amide bonds. The zero-order valence-electron chi connectivity index (χ0n) is 17.4. The van der Waals surface area contributed by atoms with Gasteiger partial charge in [-0.3, -0.25) is 9.59 Å². The molecule has 0 radical (unpaired) electrons. The van der Waals surface area contributed by atoms with E-state index in [1.54, 1.807) is 37.4 Å². The summed E-state index contributed by atoms with van der Waals surface area (Å²) in [7, 11) is 1.62. The smallest absolute Gasteiger partial charge is 0.253 e. The van der Waals surface area contributed by atoms with Crippen LogP contribution in [0.15, 0.2) is 48.5 Å². The van der Waals surface area contributed by atoms with Crippen LogP contribution in [0.25, 0.3) is 0 Å². The predicted octanol–water partition coefficient (Wildman–Crippen LogP) is 3.39. The monoisotopic (exact) mass is 411 g/mol. The number of methoxy groups -OCH3 is 1. The number of ether oxygens (including phenoxy) is 2. The van der Waals surface area contributed by atoms with Gasteiger partial charge in [-0.05, 0) is 61.7 Å². The summed E-state index contributed by atoms with van der Waals surface area (Å²) < 4.78 is 10.4. The predicted molar refractivity (Wildman–Crippen MR) is 117 cm³/mol. The maximum Gasteiger partial charge on any atom is 0.253 e. The third-order valence-electron chi connectivity index (χ3n) is 4.90. The second-order valence-electron chi connectivity index (χ2n) is 7.20. The van der Waals surface area contributed by atoms with Crippen LogP contribution in [0, 0.1) is 0 Å². The van der Waals surface area contributed by atoms with Crippen LogP contribution in [-0.2, 0) is 9.53 Å². The SMILES string of the molecule is COCCOc1ccc(NC(=O)CNc2cccc(C(=O)N3CCCCC3)c2)cc1. The molecule has 2 aromatic carbocycles. The molecular weight excluding hydrogens is 382 g/mol. The van der Waals surface area contributed by atoms with Gasteiger partial charge in [0.1, 0.15) is 12.4 Å². The zero-order valence-corrected chi connectivity index (χ0v) is 17.4. The van der Waals surface area contributed by atoms with Crippen molar-refractivity contribution in [2.75, 3.05) is 50.6 Å². The lowest BCUT2D eigenvalue weighted by Crippen LogP contribution is -2.35. The fourth-order valence-corrected chi connectivity index (χ4v) is 3.31. The summed E-state index contributed by atoms with van der Waals surface area (Å²) >= 11 is 0. The lowest BCUT2D eigenvalue weighted by Gasteiger charge is -2.26. The maximum atomic E-state index is 12.6. The van der Waals surface area contributed by atoms with Crippen LogP contribution in [0.2, 0.25) is 0 Å². The van der Waals surface area contributed by atoms with Crippen molar-refractivity contribution < 1.29 is 19.1 Å². The molecule has 0 atom stereocenters. The second kappa shape index (κ2) is 11.2. The fourth-order valence-electron chi connectivity index (χ4n) is 3.31. The molecule has 160 valence electrons. The van der Waals surface area contributed by atoms with Crippen molar-refractivity contribution in [1.82, 2.24) is 4.90 Å². The van der Waals surface area contributed by atoms with E-state index >= 15 is 0 Å². The Morgan fingerprint density at radius 2 is 1.73 bits per heavy atom. The van der Waals surface area contributed by atoms with E-state index in [4.69, 9.17) is 9.47 Å². The number of likely N-dealkylation sites (tertiary alicyclic amines) is 1. The third kappa shape index (κ3) is 6.49. The van der Waals surface area contributed by atoms with Crippen molar-refractivity contribution in [3.05, 3.63) is 54.1 Å². The molecule has 1 fully saturated rings. The van der Waals surface area contributed by atoms with Crippen LogP contribution in [0.5, 0.6) is 5.75 Å². The number of amides is 2. The van der Waals surface area contributed by atoms with E-state index in [-0.39, 0.29) is 18.4 Å². The van der Waals surface area contributed by atoms with Gasteiger partial charge in [0, 0.05) is 37.1 Å². The van der Waals surface area contributed by atoms with Gasteiger partial charge < -0.3 is 25.0 Å². The zero-order chi connectivity index (χ0) is 21.2. The highest BCUT2D eigenvalue weighted by molar-refractivity contribution is 5.96. The normalized spacial score (nSPS) is 13.6. The quantitative estimate of drug-likeness (QED) is 0.619. The lowest BCUT2D eigenvalue weighted by molar-refractivity contribution is -0.114. The molecule has 0 aromatic heterocycles. The molecule has 3 rings (SSSR count). The van der Waals surface area contributed by atoms with Crippen molar-refractivity contribution in [3.63, 3.8) is 0 Å². The first-order valence-corrected chi connectivity index (χ1v) is 10.3. The maximum absolute atomic E-state index is 12.6. The van der Waals surface area contributed by atoms with Gasteiger partial charge in [0.25, 0.3) is 5.91 Å². The molecule has 1 heterocycles. The number of carbonyl (C=O) groups is 2.